The molecular weight excluding hydrogens is 395 g/mol. The maximum absolute atomic E-state index is 11.9. The van der Waals surface area contributed by atoms with Crippen molar-refractivity contribution in [1.82, 2.24) is 4.98 Å². The van der Waals surface area contributed by atoms with E-state index >= 15 is 0 Å². The van der Waals surface area contributed by atoms with Gasteiger partial charge in [0, 0.05) is 28.6 Å². The molecule has 2 aromatic carbocycles. The van der Waals surface area contributed by atoms with Crippen molar-refractivity contribution in [3.05, 3.63) is 74.6 Å². The van der Waals surface area contributed by atoms with Crippen LogP contribution in [0.25, 0.3) is 10.8 Å². The van der Waals surface area contributed by atoms with Crippen molar-refractivity contribution in [3.8, 4) is 5.75 Å². The van der Waals surface area contributed by atoms with Crippen LogP contribution in [-0.4, -0.2) is 17.6 Å². The van der Waals surface area contributed by atoms with Gasteiger partial charge in [0.1, 0.15) is 5.75 Å². The maximum atomic E-state index is 11.9. The third kappa shape index (κ3) is 3.64. The number of hydrogen-bond donors (Lipinski definition) is 2. The van der Waals surface area contributed by atoms with E-state index in [0.717, 1.165) is 36.1 Å². The first kappa shape index (κ1) is 19.3. The lowest BCUT2D eigenvalue weighted by Crippen LogP contribution is -2.41. The minimum absolute atomic E-state index is 0.0368. The third-order valence-electron chi connectivity index (χ3n) is 5.86. The number of halogens is 2. The van der Waals surface area contributed by atoms with E-state index in [0.29, 0.717) is 22.7 Å². The van der Waals surface area contributed by atoms with Crippen molar-refractivity contribution < 1.29 is 4.74 Å². The lowest BCUT2D eigenvalue weighted by Gasteiger charge is -2.40. The molecule has 1 aliphatic rings. The highest BCUT2D eigenvalue weighted by Crippen LogP contribution is 2.41. The van der Waals surface area contributed by atoms with Gasteiger partial charge in [0.15, 0.2) is 0 Å². The largest absolute Gasteiger partial charge is 0.489 e. The molecule has 1 fully saturated rings. The molecule has 4 nitrogen and oxygen atoms in total. The van der Waals surface area contributed by atoms with E-state index in [1.807, 2.05) is 24.3 Å². The molecule has 0 radical (unpaired) electrons. The Hall–Kier alpha value is -2.01. The molecule has 6 heteroatoms. The Morgan fingerprint density at radius 1 is 1.11 bits per heavy atom. The van der Waals surface area contributed by atoms with Crippen LogP contribution in [-0.2, 0) is 5.41 Å². The van der Waals surface area contributed by atoms with Gasteiger partial charge in [-0.1, -0.05) is 35.3 Å². The highest BCUT2D eigenvalue weighted by atomic mass is 35.5. The molecule has 146 valence electrons. The van der Waals surface area contributed by atoms with Crippen LogP contribution >= 0.6 is 23.2 Å². The van der Waals surface area contributed by atoms with Crippen LogP contribution in [0.3, 0.4) is 0 Å². The summed E-state index contributed by atoms with van der Waals surface area (Å²) in [5.41, 5.74) is 7.23. The number of rotatable bonds is 4. The highest BCUT2D eigenvalue weighted by Gasteiger charge is 2.36. The summed E-state index contributed by atoms with van der Waals surface area (Å²) in [6, 6.07) is 13.4. The summed E-state index contributed by atoms with van der Waals surface area (Å²) >= 11 is 12.4. The SMILES string of the molecule is NCC1(c2ccc(Cl)cc2)CCC(Oc2cc3cc[nH]c(=O)c3cc2Cl)CC1. The average molecular weight is 417 g/mol. The summed E-state index contributed by atoms with van der Waals surface area (Å²) in [6.45, 7) is 0.598. The van der Waals surface area contributed by atoms with E-state index in [1.165, 1.54) is 5.56 Å². The van der Waals surface area contributed by atoms with Gasteiger partial charge in [0.2, 0.25) is 0 Å². The zero-order valence-corrected chi connectivity index (χ0v) is 16.9. The normalized spacial score (nSPS) is 22.3. The molecule has 0 amide bonds. The number of hydrogen-bond acceptors (Lipinski definition) is 3. The van der Waals surface area contributed by atoms with Crippen LogP contribution in [0.1, 0.15) is 31.2 Å². The smallest absolute Gasteiger partial charge is 0.255 e. The molecule has 3 aromatic rings. The monoisotopic (exact) mass is 416 g/mol. The van der Waals surface area contributed by atoms with Crippen LogP contribution in [0.4, 0.5) is 0 Å². The Morgan fingerprint density at radius 3 is 2.50 bits per heavy atom. The van der Waals surface area contributed by atoms with Crippen LogP contribution in [0.2, 0.25) is 10.0 Å². The van der Waals surface area contributed by atoms with Crippen molar-refractivity contribution in [1.29, 1.82) is 0 Å². The van der Waals surface area contributed by atoms with Crippen LogP contribution in [0.15, 0.2) is 53.5 Å². The van der Waals surface area contributed by atoms with E-state index in [4.69, 9.17) is 33.7 Å². The van der Waals surface area contributed by atoms with E-state index in [9.17, 15) is 4.79 Å². The fourth-order valence-corrected chi connectivity index (χ4v) is 4.47. The molecule has 1 saturated carbocycles. The average Bonchev–Trinajstić information content (AvgIpc) is 2.71. The predicted octanol–water partition coefficient (Wildman–Crippen LogP) is 5.05. The van der Waals surface area contributed by atoms with E-state index < -0.39 is 0 Å². The minimum Gasteiger partial charge on any atom is -0.489 e. The first-order chi connectivity index (χ1) is 13.5. The number of aromatic amines is 1. The molecule has 1 aliphatic carbocycles. The molecule has 0 atom stereocenters. The summed E-state index contributed by atoms with van der Waals surface area (Å²) in [5, 5.41) is 2.57. The number of benzene rings is 2. The Morgan fingerprint density at radius 2 is 1.82 bits per heavy atom. The molecule has 3 N–H and O–H groups in total. The number of H-pyrrole nitrogens is 1. The molecule has 0 saturated heterocycles. The van der Waals surface area contributed by atoms with Crippen LogP contribution in [0, 0.1) is 0 Å². The minimum atomic E-state index is -0.153. The van der Waals surface area contributed by atoms with Crippen molar-refractivity contribution >= 4 is 34.0 Å². The number of aromatic nitrogens is 1. The van der Waals surface area contributed by atoms with Gasteiger partial charge >= 0.3 is 0 Å². The topological polar surface area (TPSA) is 68.1 Å². The Balaban J connectivity index is 1.51. The Labute approximate surface area is 173 Å². The van der Waals surface area contributed by atoms with Gasteiger partial charge in [-0.25, -0.2) is 0 Å². The van der Waals surface area contributed by atoms with E-state index in [1.54, 1.807) is 12.3 Å². The first-order valence-electron chi connectivity index (χ1n) is 9.44. The van der Waals surface area contributed by atoms with Crippen molar-refractivity contribution in [2.24, 2.45) is 5.73 Å². The van der Waals surface area contributed by atoms with Gasteiger partial charge in [-0.15, -0.1) is 0 Å². The van der Waals surface area contributed by atoms with Crippen molar-refractivity contribution in [2.45, 2.75) is 37.2 Å². The predicted molar refractivity (Wildman–Crippen MR) is 115 cm³/mol. The zero-order valence-electron chi connectivity index (χ0n) is 15.4. The fraction of sp³-hybridized carbons (Fsp3) is 0.318. The highest BCUT2D eigenvalue weighted by molar-refractivity contribution is 6.32. The Kier molecular flexibility index (Phi) is 5.37. The summed E-state index contributed by atoms with van der Waals surface area (Å²) in [4.78, 5) is 14.6. The van der Waals surface area contributed by atoms with Crippen molar-refractivity contribution in [2.75, 3.05) is 6.54 Å². The summed E-state index contributed by atoms with van der Waals surface area (Å²) in [7, 11) is 0. The Bertz CT molecular complexity index is 1040. The van der Waals surface area contributed by atoms with E-state index in [2.05, 4.69) is 17.1 Å². The lowest BCUT2D eigenvalue weighted by atomic mass is 9.69. The summed E-state index contributed by atoms with van der Waals surface area (Å²) in [5.74, 6) is 0.622. The maximum Gasteiger partial charge on any atom is 0.255 e. The summed E-state index contributed by atoms with van der Waals surface area (Å²) in [6.07, 6.45) is 5.38. The number of fused-ring (bicyclic) bond motifs is 1. The number of pyridine rings is 1. The van der Waals surface area contributed by atoms with Crippen LogP contribution in [0.5, 0.6) is 5.75 Å². The van der Waals surface area contributed by atoms with Gasteiger partial charge < -0.3 is 15.5 Å². The molecule has 1 heterocycles. The zero-order chi connectivity index (χ0) is 19.7. The van der Waals surface area contributed by atoms with Gasteiger partial charge in [-0.05, 0) is 67.0 Å². The molecule has 4 rings (SSSR count). The van der Waals surface area contributed by atoms with E-state index in [-0.39, 0.29) is 17.1 Å². The van der Waals surface area contributed by atoms with Crippen molar-refractivity contribution in [3.63, 3.8) is 0 Å². The second-order valence-corrected chi connectivity index (χ2v) is 8.33. The first-order valence-corrected chi connectivity index (χ1v) is 10.2. The molecule has 0 unspecified atom stereocenters. The quantitative estimate of drug-likeness (QED) is 0.624. The lowest BCUT2D eigenvalue weighted by molar-refractivity contribution is 0.118. The van der Waals surface area contributed by atoms with Crippen LogP contribution < -0.4 is 16.0 Å². The standard InChI is InChI=1S/C22H22Cl2N2O2/c23-16-3-1-15(2-4-16)22(13-25)8-5-17(6-9-22)28-20-11-14-7-10-26-21(27)18(14)12-19(20)24/h1-4,7,10-12,17H,5-6,8-9,13,25H2,(H,26,27). The number of nitrogens with one attached hydrogen (secondary N) is 1. The number of ether oxygens (including phenoxy) is 1. The molecule has 1 aromatic heterocycles. The molecule has 0 aliphatic heterocycles. The second kappa shape index (κ2) is 7.78. The van der Waals surface area contributed by atoms with Gasteiger partial charge in [-0.3, -0.25) is 4.79 Å². The summed E-state index contributed by atoms with van der Waals surface area (Å²) < 4.78 is 6.22. The van der Waals surface area contributed by atoms with Gasteiger partial charge in [0.25, 0.3) is 5.56 Å². The third-order valence-corrected chi connectivity index (χ3v) is 6.40. The molecule has 0 bridgehead atoms. The number of nitrogens with two attached hydrogens (primary N) is 1. The molecule has 28 heavy (non-hydrogen) atoms. The van der Waals surface area contributed by atoms with Gasteiger partial charge in [-0.2, -0.15) is 0 Å². The second-order valence-electron chi connectivity index (χ2n) is 7.49. The fourth-order valence-electron chi connectivity index (χ4n) is 4.13. The molecule has 0 spiro atoms. The van der Waals surface area contributed by atoms with Gasteiger partial charge in [0.05, 0.1) is 11.1 Å². The molecular formula is C22H22Cl2N2O2.